The number of alkyl halides is 5. The maximum Gasteiger partial charge on any atom is 0.416 e. The van der Waals surface area contributed by atoms with Gasteiger partial charge in [0.15, 0.2) is 0 Å². The van der Waals surface area contributed by atoms with Crippen LogP contribution in [0.15, 0.2) is 53.4 Å². The maximum absolute atomic E-state index is 13.7. The third-order valence-corrected chi connectivity index (χ3v) is 6.71. The molecule has 0 saturated carbocycles. The van der Waals surface area contributed by atoms with Crippen molar-refractivity contribution in [1.82, 2.24) is 15.4 Å². The molecule has 1 aromatic heterocycles. The number of hydrazine groups is 1. The highest BCUT2D eigenvalue weighted by Crippen LogP contribution is 2.33. The number of carbonyl (C=O) groups excluding carboxylic acids is 1. The Bertz CT molecular complexity index is 1430. The molecule has 192 valence electrons. The Morgan fingerprint density at radius 3 is 2.50 bits per heavy atom. The number of nitrogens with zero attached hydrogens (tertiary/aromatic N) is 2. The van der Waals surface area contributed by atoms with Crippen molar-refractivity contribution in [3.8, 4) is 11.3 Å². The van der Waals surface area contributed by atoms with Gasteiger partial charge in [-0.2, -0.15) is 13.2 Å². The lowest BCUT2D eigenvalue weighted by Crippen LogP contribution is -2.43. The minimum atomic E-state index is -4.63. The van der Waals surface area contributed by atoms with E-state index >= 15 is 0 Å². The van der Waals surface area contributed by atoms with Crippen LogP contribution in [0.1, 0.15) is 35.2 Å². The second kappa shape index (κ2) is 9.37. The van der Waals surface area contributed by atoms with E-state index in [4.69, 9.17) is 5.14 Å². The summed E-state index contributed by atoms with van der Waals surface area (Å²) in [5.74, 6) is -3.58. The first kappa shape index (κ1) is 25.9. The number of aromatic nitrogens is 1. The second-order valence-electron chi connectivity index (χ2n) is 8.50. The van der Waals surface area contributed by atoms with Gasteiger partial charge in [-0.3, -0.25) is 10.2 Å². The van der Waals surface area contributed by atoms with E-state index < -0.39 is 40.0 Å². The van der Waals surface area contributed by atoms with Crippen molar-refractivity contribution in [1.29, 1.82) is 0 Å². The van der Waals surface area contributed by atoms with E-state index in [-0.39, 0.29) is 58.6 Å². The van der Waals surface area contributed by atoms with E-state index in [0.717, 1.165) is 18.2 Å². The van der Waals surface area contributed by atoms with Gasteiger partial charge in [0, 0.05) is 36.9 Å². The van der Waals surface area contributed by atoms with Gasteiger partial charge in [0.1, 0.15) is 0 Å². The standard InChI is InChI=1S/C23H21F5N4O3S/c24-22(25)7-2-9-32(10-8-22)31-21(33)18-12-14-5-6-16(23(26,27)28)13-19(14)30-20(18)15-3-1-4-17(11-15)36(29,34)35/h1,3-6,11-13H,2,7-10H2,(H,31,33)(H2,29,34,35). The monoisotopic (exact) mass is 528 g/mol. The van der Waals surface area contributed by atoms with Crippen molar-refractivity contribution in [2.75, 3.05) is 13.1 Å². The van der Waals surface area contributed by atoms with Crippen molar-refractivity contribution in [2.45, 2.75) is 36.3 Å². The summed E-state index contributed by atoms with van der Waals surface area (Å²) in [5, 5.41) is 6.78. The van der Waals surface area contributed by atoms with E-state index in [1.165, 1.54) is 35.3 Å². The lowest BCUT2D eigenvalue weighted by molar-refractivity contribution is -0.137. The van der Waals surface area contributed by atoms with Crippen LogP contribution in [0.4, 0.5) is 22.0 Å². The lowest BCUT2D eigenvalue weighted by atomic mass is 10.0. The molecular weight excluding hydrogens is 507 g/mol. The summed E-state index contributed by atoms with van der Waals surface area (Å²) in [6.45, 7) is 0.0679. The highest BCUT2D eigenvalue weighted by molar-refractivity contribution is 7.89. The number of hydrogen-bond acceptors (Lipinski definition) is 5. The molecule has 1 saturated heterocycles. The molecule has 1 aliphatic rings. The first-order chi connectivity index (χ1) is 16.7. The third-order valence-electron chi connectivity index (χ3n) is 5.80. The number of nitrogens with two attached hydrogens (primary N) is 1. The number of carbonyl (C=O) groups is 1. The van der Waals surface area contributed by atoms with Crippen molar-refractivity contribution >= 4 is 26.8 Å². The number of halogens is 5. The van der Waals surface area contributed by atoms with E-state index in [0.29, 0.717) is 0 Å². The van der Waals surface area contributed by atoms with Crippen LogP contribution in [-0.4, -0.2) is 43.3 Å². The predicted molar refractivity (Wildman–Crippen MR) is 121 cm³/mol. The smallest absolute Gasteiger partial charge is 0.285 e. The fourth-order valence-electron chi connectivity index (χ4n) is 3.94. The SMILES string of the molecule is NS(=O)(=O)c1cccc(-c2nc3cc(C(F)(F)F)ccc3cc2C(=O)NN2CCCC(F)(F)CC2)c1. The van der Waals surface area contributed by atoms with Crippen molar-refractivity contribution in [3.05, 3.63) is 59.7 Å². The molecule has 1 aliphatic heterocycles. The van der Waals surface area contributed by atoms with Gasteiger partial charge >= 0.3 is 6.18 Å². The molecule has 13 heteroatoms. The highest BCUT2D eigenvalue weighted by Gasteiger charge is 2.33. The van der Waals surface area contributed by atoms with Crippen LogP contribution in [0.3, 0.4) is 0 Å². The van der Waals surface area contributed by atoms with E-state index in [1.54, 1.807) is 0 Å². The van der Waals surface area contributed by atoms with Crippen LogP contribution in [0.25, 0.3) is 22.2 Å². The number of hydrogen-bond donors (Lipinski definition) is 2. The molecule has 4 rings (SSSR count). The average Bonchev–Trinajstić information content (AvgIpc) is 2.96. The van der Waals surface area contributed by atoms with E-state index in [2.05, 4.69) is 10.4 Å². The number of amides is 1. The topological polar surface area (TPSA) is 105 Å². The molecule has 0 unspecified atom stereocenters. The van der Waals surface area contributed by atoms with Crippen LogP contribution in [0.5, 0.6) is 0 Å². The zero-order valence-corrected chi connectivity index (χ0v) is 19.5. The molecule has 1 fully saturated rings. The Labute approximate surface area is 203 Å². The molecule has 3 aromatic rings. The quantitative estimate of drug-likeness (QED) is 0.491. The largest absolute Gasteiger partial charge is 0.416 e. The summed E-state index contributed by atoms with van der Waals surface area (Å²) in [6.07, 6.45) is -5.25. The summed E-state index contributed by atoms with van der Waals surface area (Å²) in [6, 6.07) is 9.32. The van der Waals surface area contributed by atoms with Crippen molar-refractivity contribution in [3.63, 3.8) is 0 Å². The van der Waals surface area contributed by atoms with Crippen molar-refractivity contribution < 1.29 is 35.2 Å². The molecule has 1 amide bonds. The second-order valence-corrected chi connectivity index (χ2v) is 10.1. The number of nitrogens with one attached hydrogen (secondary N) is 1. The summed E-state index contributed by atoms with van der Waals surface area (Å²) in [5.41, 5.74) is 1.49. The fourth-order valence-corrected chi connectivity index (χ4v) is 4.50. The normalized spacial score (nSPS) is 17.1. The summed E-state index contributed by atoms with van der Waals surface area (Å²) < 4.78 is 90.9. The van der Waals surface area contributed by atoms with Gasteiger partial charge in [0.25, 0.3) is 5.91 Å². The Balaban J connectivity index is 1.81. The van der Waals surface area contributed by atoms with Crippen LogP contribution < -0.4 is 10.6 Å². The van der Waals surface area contributed by atoms with Crippen LogP contribution in [-0.2, 0) is 16.2 Å². The molecular formula is C23H21F5N4O3S. The van der Waals surface area contributed by atoms with Gasteiger partial charge in [-0.05, 0) is 36.8 Å². The summed E-state index contributed by atoms with van der Waals surface area (Å²) in [7, 11) is -4.13. The Morgan fingerprint density at radius 1 is 1.06 bits per heavy atom. The zero-order valence-electron chi connectivity index (χ0n) is 18.6. The van der Waals surface area contributed by atoms with Gasteiger partial charge in [0.05, 0.1) is 27.2 Å². The molecule has 0 spiro atoms. The number of primary sulfonamides is 1. The lowest BCUT2D eigenvalue weighted by Gasteiger charge is -2.22. The van der Waals surface area contributed by atoms with E-state index in [1.807, 2.05) is 0 Å². The number of fused-ring (bicyclic) bond motifs is 1. The van der Waals surface area contributed by atoms with Crippen LogP contribution in [0.2, 0.25) is 0 Å². The first-order valence-corrected chi connectivity index (χ1v) is 12.4. The molecule has 3 N–H and O–H groups in total. The minimum absolute atomic E-state index is 0.0770. The molecule has 0 aliphatic carbocycles. The van der Waals surface area contributed by atoms with Gasteiger partial charge in [0.2, 0.25) is 15.9 Å². The molecule has 36 heavy (non-hydrogen) atoms. The zero-order chi connectivity index (χ0) is 26.3. The van der Waals surface area contributed by atoms with Gasteiger partial charge < -0.3 is 0 Å². The first-order valence-electron chi connectivity index (χ1n) is 10.8. The number of sulfonamides is 1. The van der Waals surface area contributed by atoms with Crippen LogP contribution in [0, 0.1) is 0 Å². The predicted octanol–water partition coefficient (Wildman–Crippen LogP) is 4.33. The Morgan fingerprint density at radius 2 is 1.81 bits per heavy atom. The van der Waals surface area contributed by atoms with Gasteiger partial charge in [-0.25, -0.2) is 32.3 Å². The Hall–Kier alpha value is -3.16. The molecule has 0 bridgehead atoms. The molecule has 2 heterocycles. The molecule has 0 atom stereocenters. The van der Waals surface area contributed by atoms with Gasteiger partial charge in [-0.1, -0.05) is 18.2 Å². The number of rotatable bonds is 4. The summed E-state index contributed by atoms with van der Waals surface area (Å²) >= 11 is 0. The minimum Gasteiger partial charge on any atom is -0.285 e. The van der Waals surface area contributed by atoms with Crippen LogP contribution >= 0.6 is 0 Å². The number of benzene rings is 2. The fraction of sp³-hybridized carbons (Fsp3) is 0.304. The maximum atomic E-state index is 13.7. The number of pyridine rings is 1. The average molecular weight is 529 g/mol. The van der Waals surface area contributed by atoms with E-state index in [9.17, 15) is 35.2 Å². The summed E-state index contributed by atoms with van der Waals surface area (Å²) in [4.78, 5) is 17.2. The highest BCUT2D eigenvalue weighted by atomic mass is 32.2. The molecule has 0 radical (unpaired) electrons. The van der Waals surface area contributed by atoms with Crippen molar-refractivity contribution in [2.24, 2.45) is 5.14 Å². The van der Waals surface area contributed by atoms with Gasteiger partial charge in [-0.15, -0.1) is 0 Å². The molecule has 7 nitrogen and oxygen atoms in total. The molecule has 2 aromatic carbocycles. The third kappa shape index (κ3) is 5.79. The Kier molecular flexibility index (Phi) is 6.75.